The minimum Gasteiger partial charge on any atom is -0.481 e. The van der Waals surface area contributed by atoms with E-state index in [4.69, 9.17) is 18.7 Å². The molecule has 0 aliphatic heterocycles. The van der Waals surface area contributed by atoms with Gasteiger partial charge in [-0.25, -0.2) is 0 Å². The second-order valence-electron chi connectivity index (χ2n) is 5.54. The Hall–Kier alpha value is -2.54. The van der Waals surface area contributed by atoms with Crippen molar-refractivity contribution in [3.8, 4) is 0 Å². The summed E-state index contributed by atoms with van der Waals surface area (Å²) in [5.41, 5.74) is 0.841. The number of methoxy groups -OCH3 is 1. The van der Waals surface area contributed by atoms with E-state index in [-0.39, 0.29) is 23.8 Å². The molecule has 7 nitrogen and oxygen atoms in total. The van der Waals surface area contributed by atoms with Gasteiger partial charge >= 0.3 is 5.97 Å². The number of hydrogen-bond acceptors (Lipinski definition) is 5. The highest BCUT2D eigenvalue weighted by Crippen LogP contribution is 2.23. The molecular formula is C17H21NO6. The van der Waals surface area contributed by atoms with Crippen molar-refractivity contribution in [2.45, 2.75) is 32.7 Å². The SMILES string of the molecule is COCCC(NC(=O)c1c(C)coc1CC(=O)O)c1ccc(C)o1. The number of amides is 1. The predicted octanol–water partition coefficient (Wildman–Crippen LogP) is 2.62. The van der Waals surface area contributed by atoms with Crippen molar-refractivity contribution in [1.82, 2.24) is 5.32 Å². The first kappa shape index (κ1) is 17.8. The largest absolute Gasteiger partial charge is 0.481 e. The van der Waals surface area contributed by atoms with Crippen molar-refractivity contribution < 1.29 is 28.3 Å². The average Bonchev–Trinajstić information content (AvgIpc) is 3.09. The number of aryl methyl sites for hydroxylation is 2. The highest BCUT2D eigenvalue weighted by atomic mass is 16.5. The Balaban J connectivity index is 2.21. The Labute approximate surface area is 139 Å². The summed E-state index contributed by atoms with van der Waals surface area (Å²) in [5, 5.41) is 11.8. The number of ether oxygens (including phenoxy) is 1. The van der Waals surface area contributed by atoms with Crippen LogP contribution in [0.25, 0.3) is 0 Å². The summed E-state index contributed by atoms with van der Waals surface area (Å²) < 4.78 is 15.9. The molecular weight excluding hydrogens is 314 g/mol. The van der Waals surface area contributed by atoms with E-state index in [1.807, 2.05) is 13.0 Å². The second-order valence-corrected chi connectivity index (χ2v) is 5.54. The Morgan fingerprint density at radius 1 is 1.33 bits per heavy atom. The van der Waals surface area contributed by atoms with Crippen molar-refractivity contribution in [3.63, 3.8) is 0 Å². The van der Waals surface area contributed by atoms with Gasteiger partial charge in [-0.1, -0.05) is 0 Å². The molecule has 130 valence electrons. The number of hydrogen-bond donors (Lipinski definition) is 2. The van der Waals surface area contributed by atoms with E-state index in [0.717, 1.165) is 5.76 Å². The standard InChI is InChI=1S/C17H21NO6/c1-10-9-23-14(8-15(19)20)16(10)17(21)18-12(6-7-22-3)13-5-4-11(2)24-13/h4-5,9,12H,6-8H2,1-3H3,(H,18,21)(H,19,20). The van der Waals surface area contributed by atoms with Crippen molar-refractivity contribution in [1.29, 1.82) is 0 Å². The van der Waals surface area contributed by atoms with E-state index in [1.165, 1.54) is 6.26 Å². The third kappa shape index (κ3) is 4.26. The van der Waals surface area contributed by atoms with E-state index in [0.29, 0.717) is 24.4 Å². The fourth-order valence-corrected chi connectivity index (χ4v) is 2.46. The molecule has 0 saturated carbocycles. The first-order valence-electron chi connectivity index (χ1n) is 7.57. The van der Waals surface area contributed by atoms with Gasteiger partial charge < -0.3 is 24.0 Å². The zero-order valence-corrected chi connectivity index (χ0v) is 13.9. The van der Waals surface area contributed by atoms with Crippen LogP contribution < -0.4 is 5.32 Å². The van der Waals surface area contributed by atoms with Crippen LogP contribution in [0.4, 0.5) is 0 Å². The molecule has 24 heavy (non-hydrogen) atoms. The second kappa shape index (κ2) is 7.83. The molecule has 2 rings (SSSR count). The Kier molecular flexibility index (Phi) is 5.81. The molecule has 0 fully saturated rings. The Morgan fingerprint density at radius 2 is 2.08 bits per heavy atom. The highest BCUT2D eigenvalue weighted by molar-refractivity contribution is 5.97. The summed E-state index contributed by atoms with van der Waals surface area (Å²) in [5.74, 6) is 0.0498. The molecule has 0 saturated heterocycles. The monoisotopic (exact) mass is 335 g/mol. The van der Waals surface area contributed by atoms with Gasteiger partial charge in [-0.05, 0) is 32.4 Å². The van der Waals surface area contributed by atoms with E-state index >= 15 is 0 Å². The highest BCUT2D eigenvalue weighted by Gasteiger charge is 2.24. The quantitative estimate of drug-likeness (QED) is 0.769. The molecule has 0 bridgehead atoms. The van der Waals surface area contributed by atoms with Gasteiger partial charge in [0, 0.05) is 19.3 Å². The molecule has 1 amide bonds. The molecule has 0 spiro atoms. The third-order valence-electron chi connectivity index (χ3n) is 3.61. The molecule has 1 unspecified atom stereocenters. The number of carbonyl (C=O) groups excluding carboxylic acids is 1. The number of carbonyl (C=O) groups is 2. The van der Waals surface area contributed by atoms with Gasteiger partial charge in [0.1, 0.15) is 23.7 Å². The third-order valence-corrected chi connectivity index (χ3v) is 3.61. The van der Waals surface area contributed by atoms with Crippen LogP contribution in [-0.2, 0) is 16.0 Å². The van der Waals surface area contributed by atoms with Crippen LogP contribution in [0.3, 0.4) is 0 Å². The predicted molar refractivity (Wildman–Crippen MR) is 84.9 cm³/mol. The smallest absolute Gasteiger partial charge is 0.311 e. The van der Waals surface area contributed by atoms with Crippen LogP contribution in [0.2, 0.25) is 0 Å². The van der Waals surface area contributed by atoms with Gasteiger partial charge in [0.15, 0.2) is 0 Å². The maximum absolute atomic E-state index is 12.6. The first-order valence-corrected chi connectivity index (χ1v) is 7.57. The van der Waals surface area contributed by atoms with E-state index in [2.05, 4.69) is 5.32 Å². The first-order chi connectivity index (χ1) is 11.4. The lowest BCUT2D eigenvalue weighted by Gasteiger charge is -2.16. The number of carboxylic acids is 1. The fraction of sp³-hybridized carbons (Fsp3) is 0.412. The van der Waals surface area contributed by atoms with E-state index < -0.39 is 11.9 Å². The molecule has 0 aromatic carbocycles. The Morgan fingerprint density at radius 3 is 2.67 bits per heavy atom. The molecule has 2 aromatic rings. The number of rotatable bonds is 8. The summed E-state index contributed by atoms with van der Waals surface area (Å²) in [6, 6.07) is 3.24. The van der Waals surface area contributed by atoms with Crippen LogP contribution in [0.1, 0.15) is 45.7 Å². The molecule has 0 aliphatic rings. The summed E-state index contributed by atoms with van der Waals surface area (Å²) in [4.78, 5) is 23.6. The number of nitrogens with one attached hydrogen (secondary N) is 1. The van der Waals surface area contributed by atoms with Crippen LogP contribution in [-0.4, -0.2) is 30.7 Å². The van der Waals surface area contributed by atoms with Gasteiger partial charge in [0.05, 0.1) is 17.9 Å². The molecule has 2 N–H and O–H groups in total. The van der Waals surface area contributed by atoms with Gasteiger partial charge in [-0.15, -0.1) is 0 Å². The maximum Gasteiger partial charge on any atom is 0.311 e. The van der Waals surface area contributed by atoms with Gasteiger partial charge in [0.25, 0.3) is 5.91 Å². The summed E-state index contributed by atoms with van der Waals surface area (Å²) in [7, 11) is 1.58. The lowest BCUT2D eigenvalue weighted by Crippen LogP contribution is -2.30. The minimum atomic E-state index is -1.06. The van der Waals surface area contributed by atoms with Crippen molar-refractivity contribution in [2.75, 3.05) is 13.7 Å². The topological polar surface area (TPSA) is 102 Å². The summed E-state index contributed by atoms with van der Waals surface area (Å²) in [6.07, 6.45) is 1.56. The van der Waals surface area contributed by atoms with Crippen LogP contribution in [0.15, 0.2) is 27.2 Å². The maximum atomic E-state index is 12.6. The fourth-order valence-electron chi connectivity index (χ4n) is 2.46. The molecule has 0 aliphatic carbocycles. The lowest BCUT2D eigenvalue weighted by molar-refractivity contribution is -0.136. The van der Waals surface area contributed by atoms with Crippen LogP contribution >= 0.6 is 0 Å². The molecule has 2 aromatic heterocycles. The normalized spacial score (nSPS) is 12.1. The molecule has 7 heteroatoms. The zero-order valence-electron chi connectivity index (χ0n) is 13.9. The minimum absolute atomic E-state index is 0.138. The Bertz CT molecular complexity index is 714. The average molecular weight is 335 g/mol. The van der Waals surface area contributed by atoms with E-state index in [1.54, 1.807) is 20.1 Å². The molecule has 0 radical (unpaired) electrons. The van der Waals surface area contributed by atoms with Crippen molar-refractivity contribution in [2.24, 2.45) is 0 Å². The number of furan rings is 2. The molecule has 1 atom stereocenters. The van der Waals surface area contributed by atoms with Crippen LogP contribution in [0, 0.1) is 13.8 Å². The van der Waals surface area contributed by atoms with Crippen molar-refractivity contribution >= 4 is 11.9 Å². The molecule has 2 heterocycles. The van der Waals surface area contributed by atoms with Gasteiger partial charge in [0.2, 0.25) is 0 Å². The lowest BCUT2D eigenvalue weighted by atomic mass is 10.1. The zero-order chi connectivity index (χ0) is 17.7. The van der Waals surface area contributed by atoms with E-state index in [9.17, 15) is 9.59 Å². The summed E-state index contributed by atoms with van der Waals surface area (Å²) in [6.45, 7) is 3.96. The van der Waals surface area contributed by atoms with Gasteiger partial charge in [-0.3, -0.25) is 9.59 Å². The van der Waals surface area contributed by atoms with Gasteiger partial charge in [-0.2, -0.15) is 0 Å². The number of carboxylic acid groups (broad SMARTS) is 1. The van der Waals surface area contributed by atoms with Crippen LogP contribution in [0.5, 0.6) is 0 Å². The number of aliphatic carboxylic acids is 1. The summed E-state index contributed by atoms with van der Waals surface area (Å²) >= 11 is 0. The van der Waals surface area contributed by atoms with Crippen molar-refractivity contribution in [3.05, 3.63) is 46.8 Å².